The molecular weight excluding hydrogens is 292 g/mol. The van der Waals surface area contributed by atoms with Crippen LogP contribution in [0.1, 0.15) is 47.5 Å². The molecular formula is C18H30N2O3. The molecule has 3 saturated heterocycles. The fourth-order valence-electron chi connectivity index (χ4n) is 5.27. The number of carbonyl (C=O) groups excluding carboxylic acids is 1. The Labute approximate surface area is 139 Å². The SMILES string of the molecule is CC(C)(C)OC(=O)N1CC2CC1C2NC1[C@@H]2CCO[C@@H]2C1(C)C. The lowest BCUT2D eigenvalue weighted by atomic mass is 9.56. The molecule has 5 nitrogen and oxygen atoms in total. The van der Waals surface area contributed by atoms with Gasteiger partial charge in [-0.2, -0.15) is 0 Å². The van der Waals surface area contributed by atoms with E-state index in [1.807, 2.05) is 25.7 Å². The smallest absolute Gasteiger partial charge is 0.410 e. The number of ether oxygens (including phenoxy) is 2. The maximum Gasteiger partial charge on any atom is 0.410 e. The van der Waals surface area contributed by atoms with Gasteiger partial charge in [-0.15, -0.1) is 0 Å². The average Bonchev–Trinajstić information content (AvgIpc) is 3.09. The van der Waals surface area contributed by atoms with Gasteiger partial charge in [0.2, 0.25) is 0 Å². The van der Waals surface area contributed by atoms with E-state index in [4.69, 9.17) is 9.47 Å². The van der Waals surface area contributed by atoms with Crippen LogP contribution in [0.5, 0.6) is 0 Å². The Bertz CT molecular complexity index is 513. The highest BCUT2D eigenvalue weighted by Crippen LogP contribution is 2.53. The number of carbonyl (C=O) groups is 1. The van der Waals surface area contributed by atoms with Gasteiger partial charge in [0.05, 0.1) is 12.1 Å². The van der Waals surface area contributed by atoms with Gasteiger partial charge < -0.3 is 19.7 Å². The molecule has 2 aliphatic carbocycles. The summed E-state index contributed by atoms with van der Waals surface area (Å²) in [6, 6.07) is 1.27. The van der Waals surface area contributed by atoms with Gasteiger partial charge in [0, 0.05) is 36.6 Å². The van der Waals surface area contributed by atoms with Gasteiger partial charge in [-0.1, -0.05) is 13.8 Å². The lowest BCUT2D eigenvalue weighted by molar-refractivity contribution is -0.120. The molecule has 5 fully saturated rings. The maximum atomic E-state index is 12.4. The van der Waals surface area contributed by atoms with Gasteiger partial charge in [-0.05, 0) is 39.5 Å². The van der Waals surface area contributed by atoms with E-state index >= 15 is 0 Å². The molecule has 5 rings (SSSR count). The van der Waals surface area contributed by atoms with E-state index in [-0.39, 0.29) is 11.5 Å². The molecule has 5 aliphatic rings. The Balaban J connectivity index is 1.39. The van der Waals surface area contributed by atoms with Gasteiger partial charge in [-0.25, -0.2) is 4.79 Å². The van der Waals surface area contributed by atoms with Gasteiger partial charge in [0.1, 0.15) is 5.60 Å². The number of amides is 1. The number of hydrogen-bond donors (Lipinski definition) is 1. The molecule has 23 heavy (non-hydrogen) atoms. The molecule has 0 aromatic rings. The summed E-state index contributed by atoms with van der Waals surface area (Å²) in [7, 11) is 0. The van der Waals surface area contributed by atoms with Crippen molar-refractivity contribution in [3.63, 3.8) is 0 Å². The summed E-state index contributed by atoms with van der Waals surface area (Å²) >= 11 is 0. The van der Waals surface area contributed by atoms with Gasteiger partial charge in [0.15, 0.2) is 0 Å². The Morgan fingerprint density at radius 1 is 1.35 bits per heavy atom. The molecule has 4 unspecified atom stereocenters. The summed E-state index contributed by atoms with van der Waals surface area (Å²) in [6.45, 7) is 12.1. The van der Waals surface area contributed by atoms with Crippen molar-refractivity contribution in [2.75, 3.05) is 13.2 Å². The van der Waals surface area contributed by atoms with Crippen LogP contribution < -0.4 is 5.32 Å². The number of hydrogen-bond acceptors (Lipinski definition) is 4. The third-order valence-corrected chi connectivity index (χ3v) is 6.40. The fourth-order valence-corrected chi connectivity index (χ4v) is 5.27. The minimum atomic E-state index is -0.419. The molecule has 0 aromatic carbocycles. The molecule has 5 heteroatoms. The number of nitrogens with zero attached hydrogens (tertiary/aromatic N) is 1. The highest BCUT2D eigenvalue weighted by molar-refractivity contribution is 5.70. The molecule has 3 aliphatic heterocycles. The number of nitrogens with one attached hydrogen (secondary N) is 1. The first-order valence-corrected chi connectivity index (χ1v) is 9.06. The largest absolute Gasteiger partial charge is 0.444 e. The second-order valence-electron chi connectivity index (χ2n) is 9.43. The molecule has 0 radical (unpaired) electrons. The molecule has 130 valence electrons. The zero-order chi connectivity index (χ0) is 16.6. The van der Waals surface area contributed by atoms with Crippen LogP contribution >= 0.6 is 0 Å². The van der Waals surface area contributed by atoms with E-state index in [1.165, 1.54) is 6.42 Å². The highest BCUT2D eigenvalue weighted by Gasteiger charge is 2.62. The van der Waals surface area contributed by atoms with Crippen molar-refractivity contribution < 1.29 is 14.3 Å². The van der Waals surface area contributed by atoms with E-state index in [2.05, 4.69) is 19.2 Å². The van der Waals surface area contributed by atoms with E-state index in [1.54, 1.807) is 0 Å². The van der Waals surface area contributed by atoms with Crippen LogP contribution in [0.15, 0.2) is 0 Å². The molecule has 3 heterocycles. The second-order valence-corrected chi connectivity index (χ2v) is 9.43. The minimum Gasteiger partial charge on any atom is -0.444 e. The summed E-state index contributed by atoms with van der Waals surface area (Å²) < 4.78 is 11.5. The first-order valence-electron chi connectivity index (χ1n) is 9.06. The average molecular weight is 322 g/mol. The predicted molar refractivity (Wildman–Crippen MR) is 87.2 cm³/mol. The monoisotopic (exact) mass is 322 g/mol. The van der Waals surface area contributed by atoms with Crippen LogP contribution in [0.3, 0.4) is 0 Å². The summed E-state index contributed by atoms with van der Waals surface area (Å²) in [6.07, 6.45) is 2.56. The van der Waals surface area contributed by atoms with Gasteiger partial charge in [0.25, 0.3) is 0 Å². The molecule has 1 N–H and O–H groups in total. The summed E-state index contributed by atoms with van der Waals surface area (Å²) in [5.41, 5.74) is -0.218. The molecule has 0 aromatic heterocycles. The molecule has 6 atom stereocenters. The minimum absolute atomic E-state index is 0.149. The lowest BCUT2D eigenvalue weighted by Crippen LogP contribution is -2.70. The maximum absolute atomic E-state index is 12.4. The summed E-state index contributed by atoms with van der Waals surface area (Å²) in [5.74, 6) is 1.24. The van der Waals surface area contributed by atoms with Crippen LogP contribution in [0.2, 0.25) is 0 Å². The topological polar surface area (TPSA) is 50.8 Å². The third-order valence-electron chi connectivity index (χ3n) is 6.40. The van der Waals surface area contributed by atoms with Crippen molar-refractivity contribution in [2.45, 2.75) is 77.3 Å². The van der Waals surface area contributed by atoms with Crippen LogP contribution in [0, 0.1) is 17.3 Å². The zero-order valence-corrected chi connectivity index (χ0v) is 15.0. The van der Waals surface area contributed by atoms with E-state index in [9.17, 15) is 4.79 Å². The van der Waals surface area contributed by atoms with Crippen LogP contribution in [-0.4, -0.2) is 54.0 Å². The molecule has 1 amide bonds. The highest BCUT2D eigenvalue weighted by atomic mass is 16.6. The second kappa shape index (κ2) is 4.85. The first kappa shape index (κ1) is 15.7. The Hall–Kier alpha value is -0.810. The molecule has 2 saturated carbocycles. The normalized spacial score (nSPS) is 43.6. The summed E-state index contributed by atoms with van der Waals surface area (Å²) in [4.78, 5) is 14.3. The first-order chi connectivity index (χ1) is 10.7. The number of rotatable bonds is 2. The Morgan fingerprint density at radius 2 is 2.09 bits per heavy atom. The predicted octanol–water partition coefficient (Wildman–Crippen LogP) is 2.40. The Morgan fingerprint density at radius 3 is 2.78 bits per heavy atom. The molecule has 0 spiro atoms. The van der Waals surface area contributed by atoms with Crippen molar-refractivity contribution in [3.05, 3.63) is 0 Å². The van der Waals surface area contributed by atoms with Gasteiger partial charge in [-0.3, -0.25) is 0 Å². The van der Waals surface area contributed by atoms with E-state index < -0.39 is 5.60 Å². The quantitative estimate of drug-likeness (QED) is 0.848. The lowest BCUT2D eigenvalue weighted by Gasteiger charge is -2.57. The Kier molecular flexibility index (Phi) is 3.31. The van der Waals surface area contributed by atoms with Crippen molar-refractivity contribution >= 4 is 6.09 Å². The van der Waals surface area contributed by atoms with E-state index in [0.717, 1.165) is 19.6 Å². The van der Waals surface area contributed by atoms with Crippen molar-refractivity contribution in [3.8, 4) is 0 Å². The number of fused-ring (bicyclic) bond motifs is 2. The van der Waals surface area contributed by atoms with Crippen molar-refractivity contribution in [1.29, 1.82) is 0 Å². The van der Waals surface area contributed by atoms with Crippen LogP contribution in [-0.2, 0) is 9.47 Å². The van der Waals surface area contributed by atoms with Crippen LogP contribution in [0.25, 0.3) is 0 Å². The van der Waals surface area contributed by atoms with E-state index in [0.29, 0.717) is 36.1 Å². The fraction of sp³-hybridized carbons (Fsp3) is 0.944. The summed E-state index contributed by atoms with van der Waals surface area (Å²) in [5, 5.41) is 3.89. The van der Waals surface area contributed by atoms with Crippen LogP contribution in [0.4, 0.5) is 4.79 Å². The van der Waals surface area contributed by atoms with Crippen molar-refractivity contribution in [1.82, 2.24) is 10.2 Å². The van der Waals surface area contributed by atoms with Gasteiger partial charge >= 0.3 is 6.09 Å². The third kappa shape index (κ3) is 2.30. The zero-order valence-electron chi connectivity index (χ0n) is 15.0. The molecule has 2 bridgehead atoms. The van der Waals surface area contributed by atoms with Crippen molar-refractivity contribution in [2.24, 2.45) is 17.3 Å². The standard InChI is InChI=1S/C18H30N2O3/c1-17(2,3)23-16(21)20-9-10-8-12(20)13(10)19-14-11-6-7-22-15(11)18(14,4)5/h10-15,19H,6-9H2,1-5H3/t10?,11-,12?,13?,14?,15-/m0/s1.